The van der Waals surface area contributed by atoms with Gasteiger partial charge in [0.2, 0.25) is 0 Å². The van der Waals surface area contributed by atoms with Crippen LogP contribution in [0, 0.1) is 0 Å². The SMILES string of the molecule is c1ccc(Oc2ccc(N3CCN(c4ccccc4)CC3)cc2)cc1. The summed E-state index contributed by atoms with van der Waals surface area (Å²) in [6, 6.07) is 28.9. The number of piperazine rings is 1. The van der Waals surface area contributed by atoms with Gasteiger partial charge in [0.05, 0.1) is 0 Å². The van der Waals surface area contributed by atoms with Crippen molar-refractivity contribution in [1.29, 1.82) is 0 Å². The van der Waals surface area contributed by atoms with Gasteiger partial charge in [-0.1, -0.05) is 36.4 Å². The molecule has 126 valence electrons. The van der Waals surface area contributed by atoms with Crippen molar-refractivity contribution in [3.8, 4) is 11.5 Å². The molecule has 0 N–H and O–H groups in total. The Kier molecular flexibility index (Phi) is 4.55. The summed E-state index contributed by atoms with van der Waals surface area (Å²) in [5, 5.41) is 0. The quantitative estimate of drug-likeness (QED) is 0.683. The van der Waals surface area contributed by atoms with Crippen LogP contribution in [0.1, 0.15) is 0 Å². The number of para-hydroxylation sites is 2. The van der Waals surface area contributed by atoms with Crippen LogP contribution in [0.4, 0.5) is 11.4 Å². The Morgan fingerprint density at radius 2 is 0.920 bits per heavy atom. The molecule has 1 heterocycles. The number of ether oxygens (including phenoxy) is 1. The van der Waals surface area contributed by atoms with Crippen LogP contribution < -0.4 is 14.5 Å². The number of rotatable bonds is 4. The molecule has 0 aliphatic carbocycles. The molecule has 0 amide bonds. The van der Waals surface area contributed by atoms with Gasteiger partial charge in [-0.3, -0.25) is 0 Å². The average Bonchev–Trinajstić information content (AvgIpc) is 2.70. The van der Waals surface area contributed by atoms with Gasteiger partial charge in [-0.25, -0.2) is 0 Å². The minimum Gasteiger partial charge on any atom is -0.457 e. The van der Waals surface area contributed by atoms with Gasteiger partial charge < -0.3 is 14.5 Å². The Labute approximate surface area is 149 Å². The topological polar surface area (TPSA) is 15.7 Å². The standard InChI is InChI=1S/C22H22N2O/c1-3-7-19(8-4-1)23-15-17-24(18-16-23)20-11-13-22(14-12-20)25-21-9-5-2-6-10-21/h1-14H,15-18H2. The fourth-order valence-electron chi connectivity index (χ4n) is 3.21. The van der Waals surface area contributed by atoms with Crippen LogP contribution in [0.3, 0.4) is 0 Å². The Bertz CT molecular complexity index is 779. The highest BCUT2D eigenvalue weighted by Crippen LogP contribution is 2.25. The maximum Gasteiger partial charge on any atom is 0.127 e. The van der Waals surface area contributed by atoms with E-state index in [9.17, 15) is 0 Å². The predicted molar refractivity (Wildman–Crippen MR) is 104 cm³/mol. The molecule has 1 aliphatic heterocycles. The summed E-state index contributed by atoms with van der Waals surface area (Å²) in [4.78, 5) is 4.88. The Morgan fingerprint density at radius 3 is 1.48 bits per heavy atom. The highest BCUT2D eigenvalue weighted by Gasteiger charge is 2.17. The average molecular weight is 330 g/mol. The number of anilines is 2. The highest BCUT2D eigenvalue weighted by molar-refractivity contribution is 5.53. The molecule has 3 aromatic carbocycles. The first kappa shape index (κ1) is 15.6. The van der Waals surface area contributed by atoms with Crippen molar-refractivity contribution in [2.75, 3.05) is 36.0 Å². The molecule has 0 atom stereocenters. The normalized spacial score (nSPS) is 14.4. The summed E-state index contributed by atoms with van der Waals surface area (Å²) in [5.74, 6) is 1.74. The van der Waals surface area contributed by atoms with Crippen LogP contribution in [0.5, 0.6) is 11.5 Å². The van der Waals surface area contributed by atoms with E-state index in [0.717, 1.165) is 37.7 Å². The van der Waals surface area contributed by atoms with Gasteiger partial charge in [0.25, 0.3) is 0 Å². The summed E-state index contributed by atoms with van der Waals surface area (Å²) in [6.45, 7) is 4.17. The Balaban J connectivity index is 1.37. The third-order valence-electron chi connectivity index (χ3n) is 4.58. The second-order valence-corrected chi connectivity index (χ2v) is 6.22. The molecule has 4 rings (SSSR count). The summed E-state index contributed by atoms with van der Waals surface area (Å²) in [5.41, 5.74) is 2.57. The maximum atomic E-state index is 5.87. The third kappa shape index (κ3) is 3.77. The second-order valence-electron chi connectivity index (χ2n) is 6.22. The van der Waals surface area contributed by atoms with E-state index in [0.29, 0.717) is 0 Å². The lowest BCUT2D eigenvalue weighted by molar-refractivity contribution is 0.482. The van der Waals surface area contributed by atoms with Gasteiger partial charge in [-0.05, 0) is 48.5 Å². The van der Waals surface area contributed by atoms with E-state index in [4.69, 9.17) is 4.74 Å². The van der Waals surface area contributed by atoms with Crippen LogP contribution in [0.15, 0.2) is 84.9 Å². The van der Waals surface area contributed by atoms with Crippen LogP contribution in [-0.2, 0) is 0 Å². The van der Waals surface area contributed by atoms with Crippen LogP contribution >= 0.6 is 0 Å². The zero-order valence-corrected chi connectivity index (χ0v) is 14.2. The number of nitrogens with zero attached hydrogens (tertiary/aromatic N) is 2. The van der Waals surface area contributed by atoms with Crippen LogP contribution in [0.2, 0.25) is 0 Å². The number of benzene rings is 3. The predicted octanol–water partition coefficient (Wildman–Crippen LogP) is 4.81. The lowest BCUT2D eigenvalue weighted by Gasteiger charge is -2.37. The molecule has 3 aromatic rings. The summed E-state index contributed by atoms with van der Waals surface area (Å²) in [6.07, 6.45) is 0. The van der Waals surface area contributed by atoms with Gasteiger partial charge in [0.1, 0.15) is 11.5 Å². The van der Waals surface area contributed by atoms with E-state index < -0.39 is 0 Å². The summed E-state index contributed by atoms with van der Waals surface area (Å²) < 4.78 is 5.87. The molecule has 25 heavy (non-hydrogen) atoms. The van der Waals surface area contributed by atoms with E-state index in [1.165, 1.54) is 11.4 Å². The van der Waals surface area contributed by atoms with Gasteiger partial charge in [0, 0.05) is 37.6 Å². The molecular formula is C22H22N2O. The van der Waals surface area contributed by atoms with Crippen molar-refractivity contribution in [2.24, 2.45) is 0 Å². The minimum atomic E-state index is 0.867. The maximum absolute atomic E-state index is 5.87. The van der Waals surface area contributed by atoms with Gasteiger partial charge in [-0.15, -0.1) is 0 Å². The van der Waals surface area contributed by atoms with E-state index in [1.54, 1.807) is 0 Å². The molecule has 0 aromatic heterocycles. The second kappa shape index (κ2) is 7.31. The summed E-state index contributed by atoms with van der Waals surface area (Å²) in [7, 11) is 0. The van der Waals surface area contributed by atoms with E-state index in [1.807, 2.05) is 42.5 Å². The Hall–Kier alpha value is -2.94. The van der Waals surface area contributed by atoms with Gasteiger partial charge in [-0.2, -0.15) is 0 Å². The van der Waals surface area contributed by atoms with Crippen molar-refractivity contribution in [2.45, 2.75) is 0 Å². The minimum absolute atomic E-state index is 0.867. The fourth-order valence-corrected chi connectivity index (χ4v) is 3.21. The third-order valence-corrected chi connectivity index (χ3v) is 4.58. The number of hydrogen-bond donors (Lipinski definition) is 0. The molecule has 1 aliphatic rings. The first-order chi connectivity index (χ1) is 12.4. The number of hydrogen-bond acceptors (Lipinski definition) is 3. The first-order valence-electron chi connectivity index (χ1n) is 8.76. The lowest BCUT2D eigenvalue weighted by Crippen LogP contribution is -2.46. The van der Waals surface area contributed by atoms with Crippen molar-refractivity contribution in [3.05, 3.63) is 84.9 Å². The zero-order chi connectivity index (χ0) is 16.9. The molecule has 0 saturated carbocycles. The van der Waals surface area contributed by atoms with Crippen LogP contribution in [-0.4, -0.2) is 26.2 Å². The van der Waals surface area contributed by atoms with Gasteiger partial charge in [0.15, 0.2) is 0 Å². The molecule has 0 bridgehead atoms. The van der Waals surface area contributed by atoms with Crippen LogP contribution in [0.25, 0.3) is 0 Å². The monoisotopic (exact) mass is 330 g/mol. The Morgan fingerprint density at radius 1 is 0.480 bits per heavy atom. The molecule has 3 nitrogen and oxygen atoms in total. The first-order valence-corrected chi connectivity index (χ1v) is 8.76. The molecular weight excluding hydrogens is 308 g/mol. The largest absolute Gasteiger partial charge is 0.457 e. The van der Waals surface area contributed by atoms with Crippen molar-refractivity contribution >= 4 is 11.4 Å². The molecule has 1 saturated heterocycles. The summed E-state index contributed by atoms with van der Waals surface area (Å²) >= 11 is 0. The molecule has 0 unspecified atom stereocenters. The van der Waals surface area contributed by atoms with Crippen molar-refractivity contribution in [3.63, 3.8) is 0 Å². The van der Waals surface area contributed by atoms with E-state index >= 15 is 0 Å². The van der Waals surface area contributed by atoms with E-state index in [-0.39, 0.29) is 0 Å². The van der Waals surface area contributed by atoms with Gasteiger partial charge >= 0.3 is 0 Å². The lowest BCUT2D eigenvalue weighted by atomic mass is 10.2. The molecule has 0 spiro atoms. The zero-order valence-electron chi connectivity index (χ0n) is 14.2. The smallest absolute Gasteiger partial charge is 0.127 e. The van der Waals surface area contributed by atoms with Crippen molar-refractivity contribution < 1.29 is 4.74 Å². The molecule has 1 fully saturated rings. The molecule has 3 heteroatoms. The fraction of sp³-hybridized carbons (Fsp3) is 0.182. The molecule has 0 radical (unpaired) electrons. The highest BCUT2D eigenvalue weighted by atomic mass is 16.5. The van der Waals surface area contributed by atoms with E-state index in [2.05, 4.69) is 52.3 Å². The van der Waals surface area contributed by atoms with Crippen molar-refractivity contribution in [1.82, 2.24) is 0 Å².